The van der Waals surface area contributed by atoms with Gasteiger partial charge in [-0.05, 0) is 49.4 Å². The number of anilines is 2. The van der Waals surface area contributed by atoms with E-state index >= 15 is 0 Å². The number of aromatic nitrogens is 2. The SMILES string of the molecule is COc1cccc(O[C@H](C)C(=O)Nc2ccc(S(=O)(=O)Nc3ncccn3)cc2)c1. The third-order valence-corrected chi connectivity index (χ3v) is 5.29. The summed E-state index contributed by atoms with van der Waals surface area (Å²) in [6, 6.07) is 14.2. The summed E-state index contributed by atoms with van der Waals surface area (Å²) in [6.07, 6.45) is 2.08. The van der Waals surface area contributed by atoms with Crippen molar-refractivity contribution in [3.63, 3.8) is 0 Å². The van der Waals surface area contributed by atoms with E-state index in [2.05, 4.69) is 20.0 Å². The number of carbonyl (C=O) groups excluding carboxylic acids is 1. The molecular formula is C20H20N4O5S. The van der Waals surface area contributed by atoms with Crippen LogP contribution in [0.2, 0.25) is 0 Å². The summed E-state index contributed by atoms with van der Waals surface area (Å²) in [5, 5.41) is 2.68. The van der Waals surface area contributed by atoms with Gasteiger partial charge in [0.1, 0.15) is 11.5 Å². The number of amides is 1. The fraction of sp³-hybridized carbons (Fsp3) is 0.150. The van der Waals surface area contributed by atoms with Gasteiger partial charge in [0, 0.05) is 24.1 Å². The highest BCUT2D eigenvalue weighted by atomic mass is 32.2. The van der Waals surface area contributed by atoms with Crippen molar-refractivity contribution in [3.05, 3.63) is 67.0 Å². The molecule has 3 aromatic rings. The zero-order valence-electron chi connectivity index (χ0n) is 16.3. The number of nitrogens with zero attached hydrogens (tertiary/aromatic N) is 2. The Balaban J connectivity index is 1.62. The van der Waals surface area contributed by atoms with Crippen LogP contribution in [-0.2, 0) is 14.8 Å². The van der Waals surface area contributed by atoms with Gasteiger partial charge in [0.25, 0.3) is 15.9 Å². The molecule has 0 saturated heterocycles. The van der Waals surface area contributed by atoms with Crippen molar-refractivity contribution in [2.75, 3.05) is 17.1 Å². The normalized spacial score (nSPS) is 11.9. The van der Waals surface area contributed by atoms with Gasteiger partial charge in [-0.3, -0.25) is 4.79 Å². The van der Waals surface area contributed by atoms with Crippen molar-refractivity contribution in [2.24, 2.45) is 0 Å². The van der Waals surface area contributed by atoms with Gasteiger partial charge in [-0.1, -0.05) is 6.07 Å². The Kier molecular flexibility index (Phi) is 6.48. The second kappa shape index (κ2) is 9.23. The quantitative estimate of drug-likeness (QED) is 0.566. The Bertz CT molecular complexity index is 1110. The fourth-order valence-electron chi connectivity index (χ4n) is 2.42. The lowest BCUT2D eigenvalue weighted by atomic mass is 10.3. The lowest BCUT2D eigenvalue weighted by Gasteiger charge is -2.15. The number of hydrogen-bond donors (Lipinski definition) is 2. The lowest BCUT2D eigenvalue weighted by molar-refractivity contribution is -0.122. The molecule has 0 saturated carbocycles. The molecule has 10 heteroatoms. The Morgan fingerprint density at radius 1 is 1.00 bits per heavy atom. The smallest absolute Gasteiger partial charge is 0.265 e. The molecule has 2 aromatic carbocycles. The van der Waals surface area contributed by atoms with Crippen molar-refractivity contribution in [2.45, 2.75) is 17.9 Å². The predicted octanol–water partition coefficient (Wildman–Crippen LogP) is 2.69. The molecule has 0 spiro atoms. The Morgan fingerprint density at radius 3 is 2.33 bits per heavy atom. The van der Waals surface area contributed by atoms with Gasteiger partial charge in [-0.25, -0.2) is 23.1 Å². The molecule has 0 unspecified atom stereocenters. The highest BCUT2D eigenvalue weighted by Crippen LogP contribution is 2.21. The van der Waals surface area contributed by atoms with Crippen LogP contribution < -0.4 is 19.5 Å². The first kappa shape index (κ1) is 21.1. The van der Waals surface area contributed by atoms with Crippen molar-refractivity contribution >= 4 is 27.6 Å². The van der Waals surface area contributed by atoms with Crippen LogP contribution in [0.4, 0.5) is 11.6 Å². The number of nitrogens with one attached hydrogen (secondary N) is 2. The molecule has 0 aliphatic rings. The van der Waals surface area contributed by atoms with E-state index in [-0.39, 0.29) is 16.8 Å². The monoisotopic (exact) mass is 428 g/mol. The summed E-state index contributed by atoms with van der Waals surface area (Å²) in [5.74, 6) is 0.696. The minimum Gasteiger partial charge on any atom is -0.497 e. The maximum Gasteiger partial charge on any atom is 0.265 e. The zero-order valence-corrected chi connectivity index (χ0v) is 17.1. The Hall–Kier alpha value is -3.66. The molecule has 156 valence electrons. The number of methoxy groups -OCH3 is 1. The van der Waals surface area contributed by atoms with E-state index in [9.17, 15) is 13.2 Å². The first-order valence-corrected chi connectivity index (χ1v) is 10.4. The first-order chi connectivity index (χ1) is 14.4. The topological polar surface area (TPSA) is 120 Å². The van der Waals surface area contributed by atoms with Gasteiger partial charge in [-0.2, -0.15) is 0 Å². The number of sulfonamides is 1. The predicted molar refractivity (Wildman–Crippen MR) is 111 cm³/mol. The minimum absolute atomic E-state index is 0.00799. The lowest BCUT2D eigenvalue weighted by Crippen LogP contribution is -2.30. The standard InChI is InChI=1S/C20H20N4O5S/c1-14(29-17-6-3-5-16(13-17)28-2)19(25)23-15-7-9-18(10-8-15)30(26,27)24-20-21-11-4-12-22-20/h3-14H,1-2H3,(H,23,25)(H,21,22,24)/t14-/m1/s1. The van der Waals surface area contributed by atoms with E-state index in [1.807, 2.05) is 0 Å². The maximum atomic E-state index is 12.4. The van der Waals surface area contributed by atoms with Crippen molar-refractivity contribution in [3.8, 4) is 11.5 Å². The van der Waals surface area contributed by atoms with Crippen molar-refractivity contribution in [1.82, 2.24) is 9.97 Å². The van der Waals surface area contributed by atoms with Crippen LogP contribution in [0.1, 0.15) is 6.92 Å². The number of ether oxygens (including phenoxy) is 2. The largest absolute Gasteiger partial charge is 0.497 e. The maximum absolute atomic E-state index is 12.4. The van der Waals surface area contributed by atoms with Crippen LogP contribution in [-0.4, -0.2) is 37.5 Å². The molecule has 1 aromatic heterocycles. The first-order valence-electron chi connectivity index (χ1n) is 8.89. The second-order valence-electron chi connectivity index (χ2n) is 6.13. The van der Waals surface area contributed by atoms with E-state index in [4.69, 9.17) is 9.47 Å². The molecule has 3 rings (SSSR count). The van der Waals surface area contributed by atoms with Crippen LogP contribution in [0.5, 0.6) is 11.5 Å². The molecule has 30 heavy (non-hydrogen) atoms. The summed E-state index contributed by atoms with van der Waals surface area (Å²) >= 11 is 0. The number of benzene rings is 2. The van der Waals surface area contributed by atoms with Gasteiger partial charge in [-0.15, -0.1) is 0 Å². The van der Waals surface area contributed by atoms with Crippen LogP contribution >= 0.6 is 0 Å². The molecule has 0 fully saturated rings. The summed E-state index contributed by atoms with van der Waals surface area (Å²) in [5.41, 5.74) is 0.427. The summed E-state index contributed by atoms with van der Waals surface area (Å²) in [6.45, 7) is 1.61. The van der Waals surface area contributed by atoms with E-state index in [1.54, 1.807) is 44.4 Å². The molecule has 0 bridgehead atoms. The van der Waals surface area contributed by atoms with Gasteiger partial charge >= 0.3 is 0 Å². The van der Waals surface area contributed by atoms with Gasteiger partial charge < -0.3 is 14.8 Å². The van der Waals surface area contributed by atoms with E-state index < -0.39 is 16.1 Å². The summed E-state index contributed by atoms with van der Waals surface area (Å²) in [7, 11) is -2.30. The Morgan fingerprint density at radius 2 is 1.67 bits per heavy atom. The molecule has 0 radical (unpaired) electrons. The van der Waals surface area contributed by atoms with E-state index in [0.717, 1.165) is 0 Å². The second-order valence-corrected chi connectivity index (χ2v) is 7.81. The Labute approximate surface area is 174 Å². The zero-order chi connectivity index (χ0) is 21.6. The molecule has 0 aliphatic carbocycles. The average Bonchev–Trinajstić information content (AvgIpc) is 2.74. The van der Waals surface area contributed by atoms with Crippen LogP contribution in [0.3, 0.4) is 0 Å². The minimum atomic E-state index is -3.85. The highest BCUT2D eigenvalue weighted by Gasteiger charge is 2.18. The number of hydrogen-bond acceptors (Lipinski definition) is 7. The highest BCUT2D eigenvalue weighted by molar-refractivity contribution is 7.92. The summed E-state index contributed by atoms with van der Waals surface area (Å²) < 4.78 is 37.8. The third kappa shape index (κ3) is 5.45. The average molecular weight is 428 g/mol. The van der Waals surface area contributed by atoms with E-state index in [1.165, 1.54) is 36.7 Å². The number of carbonyl (C=O) groups is 1. The van der Waals surface area contributed by atoms with Gasteiger partial charge in [0.05, 0.1) is 12.0 Å². The molecule has 9 nitrogen and oxygen atoms in total. The van der Waals surface area contributed by atoms with Gasteiger partial charge in [0.2, 0.25) is 5.95 Å². The van der Waals surface area contributed by atoms with Crippen LogP contribution in [0, 0.1) is 0 Å². The molecule has 1 heterocycles. The molecular weight excluding hydrogens is 408 g/mol. The van der Waals surface area contributed by atoms with E-state index in [0.29, 0.717) is 17.2 Å². The van der Waals surface area contributed by atoms with Crippen LogP contribution in [0.15, 0.2) is 71.9 Å². The molecule has 0 aliphatic heterocycles. The van der Waals surface area contributed by atoms with Crippen molar-refractivity contribution in [1.29, 1.82) is 0 Å². The van der Waals surface area contributed by atoms with Gasteiger partial charge in [0.15, 0.2) is 6.10 Å². The summed E-state index contributed by atoms with van der Waals surface area (Å²) in [4.78, 5) is 20.0. The third-order valence-electron chi connectivity index (χ3n) is 3.95. The molecule has 1 amide bonds. The molecule has 1 atom stereocenters. The van der Waals surface area contributed by atoms with Crippen molar-refractivity contribution < 1.29 is 22.7 Å². The number of rotatable bonds is 8. The fourth-order valence-corrected chi connectivity index (χ4v) is 3.38. The molecule has 2 N–H and O–H groups in total. The van der Waals surface area contributed by atoms with Crippen LogP contribution in [0.25, 0.3) is 0 Å².